The SMILES string of the molecule is CCOC(=O)CN(Cc1ccccc1)C(=O)c1ccsc1. The maximum absolute atomic E-state index is 12.5. The van der Waals surface area contributed by atoms with Crippen LogP contribution in [0.1, 0.15) is 22.8 Å². The number of thiophene rings is 1. The number of carbonyl (C=O) groups is 2. The summed E-state index contributed by atoms with van der Waals surface area (Å²) in [7, 11) is 0. The molecule has 5 heteroatoms. The van der Waals surface area contributed by atoms with Crippen molar-refractivity contribution in [3.63, 3.8) is 0 Å². The molecule has 0 N–H and O–H groups in total. The van der Waals surface area contributed by atoms with E-state index in [0.717, 1.165) is 5.56 Å². The highest BCUT2D eigenvalue weighted by Gasteiger charge is 2.20. The number of hydrogen-bond donors (Lipinski definition) is 0. The second-order valence-corrected chi connectivity index (χ2v) is 5.24. The zero-order valence-electron chi connectivity index (χ0n) is 11.8. The number of carbonyl (C=O) groups excluding carboxylic acids is 2. The molecule has 0 saturated carbocycles. The van der Waals surface area contributed by atoms with Gasteiger partial charge in [0.2, 0.25) is 0 Å². The topological polar surface area (TPSA) is 46.6 Å². The Hall–Kier alpha value is -2.14. The van der Waals surface area contributed by atoms with E-state index >= 15 is 0 Å². The first kappa shape index (κ1) is 15.3. The lowest BCUT2D eigenvalue weighted by Gasteiger charge is -2.21. The van der Waals surface area contributed by atoms with Crippen molar-refractivity contribution >= 4 is 23.2 Å². The minimum absolute atomic E-state index is 0.0442. The summed E-state index contributed by atoms with van der Waals surface area (Å²) in [6, 6.07) is 11.4. The zero-order valence-corrected chi connectivity index (χ0v) is 12.6. The summed E-state index contributed by atoms with van der Waals surface area (Å²) >= 11 is 1.46. The van der Waals surface area contributed by atoms with Crippen LogP contribution in [0.5, 0.6) is 0 Å². The molecule has 0 unspecified atom stereocenters. The van der Waals surface area contributed by atoms with Crippen molar-refractivity contribution in [2.24, 2.45) is 0 Å². The molecule has 0 saturated heterocycles. The van der Waals surface area contributed by atoms with Crippen LogP contribution in [0, 0.1) is 0 Å². The van der Waals surface area contributed by atoms with Gasteiger partial charge in [0.25, 0.3) is 5.91 Å². The van der Waals surface area contributed by atoms with E-state index in [-0.39, 0.29) is 12.5 Å². The summed E-state index contributed by atoms with van der Waals surface area (Å²) in [6.07, 6.45) is 0. The normalized spacial score (nSPS) is 10.1. The fourth-order valence-electron chi connectivity index (χ4n) is 1.93. The molecular weight excluding hydrogens is 286 g/mol. The number of hydrogen-bond acceptors (Lipinski definition) is 4. The smallest absolute Gasteiger partial charge is 0.325 e. The Labute approximate surface area is 128 Å². The molecule has 21 heavy (non-hydrogen) atoms. The molecule has 1 amide bonds. The van der Waals surface area contributed by atoms with Gasteiger partial charge in [-0.15, -0.1) is 0 Å². The number of esters is 1. The molecule has 0 atom stereocenters. The Balaban J connectivity index is 2.13. The number of ether oxygens (including phenoxy) is 1. The van der Waals surface area contributed by atoms with Crippen molar-refractivity contribution in [3.05, 3.63) is 58.3 Å². The maximum Gasteiger partial charge on any atom is 0.325 e. The van der Waals surface area contributed by atoms with Crippen LogP contribution >= 0.6 is 11.3 Å². The lowest BCUT2D eigenvalue weighted by molar-refractivity contribution is -0.143. The van der Waals surface area contributed by atoms with Crippen molar-refractivity contribution < 1.29 is 14.3 Å². The Bertz CT molecular complexity index is 581. The lowest BCUT2D eigenvalue weighted by Crippen LogP contribution is -2.35. The van der Waals surface area contributed by atoms with Gasteiger partial charge in [0.1, 0.15) is 6.54 Å². The average molecular weight is 303 g/mol. The van der Waals surface area contributed by atoms with Crippen LogP contribution < -0.4 is 0 Å². The Morgan fingerprint density at radius 1 is 1.19 bits per heavy atom. The predicted octanol–water partition coefficient (Wildman–Crippen LogP) is 2.95. The largest absolute Gasteiger partial charge is 0.465 e. The molecule has 4 nitrogen and oxygen atoms in total. The van der Waals surface area contributed by atoms with Gasteiger partial charge in [-0.1, -0.05) is 30.3 Å². The van der Waals surface area contributed by atoms with E-state index in [1.54, 1.807) is 18.4 Å². The van der Waals surface area contributed by atoms with Crippen LogP contribution in [-0.2, 0) is 16.1 Å². The molecule has 0 spiro atoms. The van der Waals surface area contributed by atoms with Crippen LogP contribution in [0.4, 0.5) is 0 Å². The number of benzene rings is 1. The third-order valence-corrected chi connectivity index (χ3v) is 3.58. The van der Waals surface area contributed by atoms with Crippen LogP contribution in [0.2, 0.25) is 0 Å². The van der Waals surface area contributed by atoms with Crippen LogP contribution in [0.15, 0.2) is 47.2 Å². The number of nitrogens with zero attached hydrogens (tertiary/aromatic N) is 1. The van der Waals surface area contributed by atoms with Gasteiger partial charge < -0.3 is 9.64 Å². The number of amides is 1. The van der Waals surface area contributed by atoms with Gasteiger partial charge in [-0.3, -0.25) is 9.59 Å². The molecule has 1 heterocycles. The van der Waals surface area contributed by atoms with Gasteiger partial charge in [-0.25, -0.2) is 0 Å². The van der Waals surface area contributed by atoms with Gasteiger partial charge >= 0.3 is 5.97 Å². The van der Waals surface area contributed by atoms with Crippen LogP contribution in [-0.4, -0.2) is 29.9 Å². The molecule has 1 aromatic heterocycles. The maximum atomic E-state index is 12.5. The average Bonchev–Trinajstić information content (AvgIpc) is 3.01. The molecule has 0 aliphatic rings. The van der Waals surface area contributed by atoms with Crippen molar-refractivity contribution in [3.8, 4) is 0 Å². The van der Waals surface area contributed by atoms with E-state index in [2.05, 4.69) is 0 Å². The van der Waals surface area contributed by atoms with Gasteiger partial charge in [0.15, 0.2) is 0 Å². The first-order valence-electron chi connectivity index (χ1n) is 6.71. The van der Waals surface area contributed by atoms with E-state index in [4.69, 9.17) is 4.74 Å². The molecule has 2 rings (SSSR count). The van der Waals surface area contributed by atoms with E-state index < -0.39 is 5.97 Å². The Morgan fingerprint density at radius 2 is 1.95 bits per heavy atom. The molecule has 1 aromatic carbocycles. The third kappa shape index (κ3) is 4.43. The summed E-state index contributed by atoms with van der Waals surface area (Å²) in [4.78, 5) is 25.7. The van der Waals surface area contributed by atoms with Crippen LogP contribution in [0.25, 0.3) is 0 Å². The highest BCUT2D eigenvalue weighted by atomic mass is 32.1. The molecule has 0 aliphatic carbocycles. The highest BCUT2D eigenvalue weighted by molar-refractivity contribution is 7.08. The fourth-order valence-corrected chi connectivity index (χ4v) is 2.56. The van der Waals surface area contributed by atoms with Crippen LogP contribution in [0.3, 0.4) is 0 Å². The summed E-state index contributed by atoms with van der Waals surface area (Å²) in [5, 5.41) is 3.63. The monoisotopic (exact) mass is 303 g/mol. The Morgan fingerprint density at radius 3 is 2.57 bits per heavy atom. The van der Waals surface area contributed by atoms with E-state index in [9.17, 15) is 9.59 Å². The first-order valence-corrected chi connectivity index (χ1v) is 7.66. The molecule has 0 fully saturated rings. The molecule has 110 valence electrons. The van der Waals surface area contributed by atoms with E-state index in [0.29, 0.717) is 18.7 Å². The standard InChI is InChI=1S/C16H17NO3S/c1-2-20-15(18)11-17(10-13-6-4-3-5-7-13)16(19)14-8-9-21-12-14/h3-9,12H,2,10-11H2,1H3. The summed E-state index contributed by atoms with van der Waals surface area (Å²) in [5.74, 6) is -0.551. The Kier molecular flexibility index (Phi) is 5.51. The zero-order chi connectivity index (χ0) is 15.1. The first-order chi connectivity index (χ1) is 10.2. The molecule has 0 aliphatic heterocycles. The van der Waals surface area contributed by atoms with E-state index in [1.165, 1.54) is 16.2 Å². The van der Waals surface area contributed by atoms with Gasteiger partial charge in [-0.2, -0.15) is 11.3 Å². The molecule has 2 aromatic rings. The van der Waals surface area contributed by atoms with Gasteiger partial charge in [-0.05, 0) is 23.9 Å². The second-order valence-electron chi connectivity index (χ2n) is 4.46. The van der Waals surface area contributed by atoms with Crippen molar-refractivity contribution in [1.29, 1.82) is 0 Å². The molecular formula is C16H17NO3S. The highest BCUT2D eigenvalue weighted by Crippen LogP contribution is 2.13. The molecule has 0 radical (unpaired) electrons. The third-order valence-electron chi connectivity index (χ3n) is 2.90. The van der Waals surface area contributed by atoms with Gasteiger partial charge in [0.05, 0.1) is 12.2 Å². The summed E-state index contributed by atoms with van der Waals surface area (Å²) < 4.78 is 4.95. The van der Waals surface area contributed by atoms with Crippen molar-refractivity contribution in [2.75, 3.05) is 13.2 Å². The second kappa shape index (κ2) is 7.59. The summed E-state index contributed by atoms with van der Waals surface area (Å²) in [5.41, 5.74) is 1.57. The molecule has 0 bridgehead atoms. The minimum Gasteiger partial charge on any atom is -0.465 e. The van der Waals surface area contributed by atoms with E-state index in [1.807, 2.05) is 35.7 Å². The van der Waals surface area contributed by atoms with Gasteiger partial charge in [0, 0.05) is 11.9 Å². The number of rotatable bonds is 6. The fraction of sp³-hybridized carbons (Fsp3) is 0.250. The predicted molar refractivity (Wildman–Crippen MR) is 82.1 cm³/mol. The summed E-state index contributed by atoms with van der Waals surface area (Å²) in [6.45, 7) is 2.40. The van der Waals surface area contributed by atoms with Crippen molar-refractivity contribution in [2.45, 2.75) is 13.5 Å². The lowest BCUT2D eigenvalue weighted by atomic mass is 10.2. The van der Waals surface area contributed by atoms with Crippen molar-refractivity contribution in [1.82, 2.24) is 4.90 Å². The minimum atomic E-state index is -0.392. The quantitative estimate of drug-likeness (QED) is 0.771.